The molecule has 0 spiro atoms. The normalized spacial score (nSPS) is 10.4. The predicted molar refractivity (Wildman–Crippen MR) is 49.6 cm³/mol. The van der Waals surface area contributed by atoms with Crippen LogP contribution in [0.2, 0.25) is 0 Å². The molecule has 0 unspecified atom stereocenters. The van der Waals surface area contributed by atoms with Crippen LogP contribution >= 0.6 is 0 Å². The maximum atomic E-state index is 11.7. The maximum Gasteiger partial charge on any atom is 0.673 e. The van der Waals surface area contributed by atoms with Gasteiger partial charge in [-0.15, -0.1) is 0 Å². The van der Waals surface area contributed by atoms with Gasteiger partial charge in [0.1, 0.15) is 0 Å². The van der Waals surface area contributed by atoms with Crippen LogP contribution in [0.25, 0.3) is 0 Å². The standard InChI is InChI=1S/C7H7FS.BF4/c8-6-9-7-4-2-1-3-5-7;2-1(3,4)5/h1-5H,6H2;/q;-1/p+1. The van der Waals surface area contributed by atoms with Crippen LogP contribution in [0.5, 0.6) is 0 Å². The second-order valence-corrected chi connectivity index (χ2v) is 3.18. The third-order valence-corrected chi connectivity index (χ3v) is 1.78. The first-order valence-electron chi connectivity index (χ1n) is 3.59. The van der Waals surface area contributed by atoms with Crippen molar-refractivity contribution < 1.29 is 21.7 Å². The Bertz CT molecular complexity index is 232. The minimum Gasteiger partial charge on any atom is -0.418 e. The molecule has 0 heterocycles. The number of halogens is 5. The van der Waals surface area contributed by atoms with E-state index in [1.54, 1.807) is 0 Å². The fraction of sp³-hybridized carbons (Fsp3) is 0.143. The Balaban J connectivity index is 0.000000292. The number of hydrogen-bond donors (Lipinski definition) is 0. The topological polar surface area (TPSA) is 0 Å². The summed E-state index contributed by atoms with van der Waals surface area (Å²) >= 11 is 0.765. The highest BCUT2D eigenvalue weighted by atomic mass is 32.2. The van der Waals surface area contributed by atoms with Crippen LogP contribution in [0, 0.1) is 0 Å². The molecule has 0 aliphatic heterocycles. The van der Waals surface area contributed by atoms with Crippen LogP contribution < -0.4 is 0 Å². The van der Waals surface area contributed by atoms with E-state index in [1.807, 2.05) is 30.3 Å². The second-order valence-electron chi connectivity index (χ2n) is 2.11. The van der Waals surface area contributed by atoms with Crippen molar-refractivity contribution in [2.24, 2.45) is 0 Å². The average molecular weight is 230 g/mol. The van der Waals surface area contributed by atoms with Gasteiger partial charge in [-0.25, -0.2) is 0 Å². The van der Waals surface area contributed by atoms with Gasteiger partial charge >= 0.3 is 7.25 Å². The van der Waals surface area contributed by atoms with E-state index in [0.717, 1.165) is 16.7 Å². The van der Waals surface area contributed by atoms with E-state index in [1.165, 1.54) is 0 Å². The lowest BCUT2D eigenvalue weighted by Crippen LogP contribution is -2.02. The van der Waals surface area contributed by atoms with E-state index in [0.29, 0.717) is 0 Å². The van der Waals surface area contributed by atoms with Gasteiger partial charge in [-0.3, -0.25) is 0 Å². The number of thiol groups is 1. The molecule has 1 aromatic carbocycles. The molecular formula is C7H8BF5S. The molecule has 0 atom stereocenters. The molecule has 1 rings (SSSR count). The maximum absolute atomic E-state index is 11.7. The highest BCUT2D eigenvalue weighted by Gasteiger charge is 2.20. The van der Waals surface area contributed by atoms with E-state index < -0.39 is 7.25 Å². The Kier molecular flexibility index (Phi) is 6.35. The molecule has 0 aliphatic rings. The number of hydrogen-bond acceptors (Lipinski definition) is 0. The van der Waals surface area contributed by atoms with Gasteiger partial charge in [-0.05, 0) is 12.1 Å². The summed E-state index contributed by atoms with van der Waals surface area (Å²) < 4.78 is 50.7. The third kappa shape index (κ3) is 11.3. The summed E-state index contributed by atoms with van der Waals surface area (Å²) in [5.74, 6) is 0. The van der Waals surface area contributed by atoms with E-state index in [9.17, 15) is 21.7 Å². The van der Waals surface area contributed by atoms with Crippen molar-refractivity contribution in [3.8, 4) is 0 Å². The van der Waals surface area contributed by atoms with Gasteiger partial charge < -0.3 is 17.3 Å². The molecule has 80 valence electrons. The lowest BCUT2D eigenvalue weighted by Gasteiger charge is -1.94. The molecule has 1 aromatic rings. The zero-order chi connectivity index (χ0) is 11.0. The molecule has 14 heavy (non-hydrogen) atoms. The summed E-state index contributed by atoms with van der Waals surface area (Å²) in [6.45, 7) is 0. The van der Waals surface area contributed by atoms with E-state index in [2.05, 4.69) is 0 Å². The Morgan fingerprint density at radius 2 is 1.43 bits per heavy atom. The zero-order valence-electron chi connectivity index (χ0n) is 7.01. The molecule has 0 saturated carbocycles. The van der Waals surface area contributed by atoms with Gasteiger partial charge in [0.2, 0.25) is 6.01 Å². The Labute approximate surface area is 82.6 Å². The first-order valence-corrected chi connectivity index (χ1v) is 4.67. The minimum atomic E-state index is -6.00. The minimum absolute atomic E-state index is 0.288. The lowest BCUT2D eigenvalue weighted by atomic mass is 10.3. The molecule has 0 N–H and O–H groups in total. The zero-order valence-corrected chi connectivity index (χ0v) is 7.90. The van der Waals surface area contributed by atoms with E-state index in [4.69, 9.17) is 0 Å². The molecule has 0 saturated heterocycles. The highest BCUT2D eigenvalue weighted by Crippen LogP contribution is 2.06. The molecule has 0 radical (unpaired) electrons. The van der Waals surface area contributed by atoms with Gasteiger partial charge in [0, 0.05) is 11.8 Å². The first kappa shape index (κ1) is 13.3. The average Bonchev–Trinajstić information content (AvgIpc) is 2.03. The fourth-order valence-corrected chi connectivity index (χ4v) is 1.12. The summed E-state index contributed by atoms with van der Waals surface area (Å²) in [5.41, 5.74) is 0. The lowest BCUT2D eigenvalue weighted by molar-refractivity contribution is 0.368. The summed E-state index contributed by atoms with van der Waals surface area (Å²) in [6, 6.07) is 9.31. The summed E-state index contributed by atoms with van der Waals surface area (Å²) in [7, 11) is -6.00. The van der Waals surface area contributed by atoms with Crippen LogP contribution in [-0.4, -0.2) is 13.3 Å². The van der Waals surface area contributed by atoms with Crippen molar-refractivity contribution in [3.63, 3.8) is 0 Å². The quantitative estimate of drug-likeness (QED) is 0.317. The highest BCUT2D eigenvalue weighted by molar-refractivity contribution is 7.78. The van der Waals surface area contributed by atoms with Crippen LogP contribution in [0.4, 0.5) is 21.7 Å². The van der Waals surface area contributed by atoms with Crippen molar-refractivity contribution in [1.29, 1.82) is 0 Å². The van der Waals surface area contributed by atoms with Crippen molar-refractivity contribution in [3.05, 3.63) is 30.3 Å². The molecule has 0 nitrogen and oxygen atoms in total. The number of rotatable bonds is 2. The number of benzene rings is 1. The van der Waals surface area contributed by atoms with Gasteiger partial charge in [-0.1, -0.05) is 18.2 Å². The Morgan fingerprint density at radius 3 is 1.79 bits per heavy atom. The second kappa shape index (κ2) is 6.70. The predicted octanol–water partition coefficient (Wildman–Crippen LogP) is 3.09. The molecular weight excluding hydrogens is 222 g/mol. The van der Waals surface area contributed by atoms with Crippen molar-refractivity contribution in [2.75, 3.05) is 6.01 Å². The van der Waals surface area contributed by atoms with E-state index in [-0.39, 0.29) is 6.01 Å². The molecule has 7 heteroatoms. The summed E-state index contributed by atoms with van der Waals surface area (Å²) in [5, 5.41) is 0. The molecule has 0 amide bonds. The summed E-state index contributed by atoms with van der Waals surface area (Å²) in [4.78, 5) is 1.04. The molecule has 0 fully saturated rings. The SMILES string of the molecule is FC[SH+]c1ccccc1.F[B-](F)(F)F. The number of alkyl halides is 1. The van der Waals surface area contributed by atoms with Gasteiger partial charge in [0.25, 0.3) is 0 Å². The van der Waals surface area contributed by atoms with Crippen LogP contribution in [-0.2, 0) is 11.8 Å². The third-order valence-electron chi connectivity index (χ3n) is 0.999. The van der Waals surface area contributed by atoms with Crippen LogP contribution in [0.1, 0.15) is 0 Å². The van der Waals surface area contributed by atoms with Gasteiger partial charge in [0.05, 0.1) is 0 Å². The Hall–Kier alpha value is -0.715. The van der Waals surface area contributed by atoms with Gasteiger partial charge in [-0.2, -0.15) is 4.39 Å². The molecule has 0 aliphatic carbocycles. The molecule has 0 aromatic heterocycles. The fourth-order valence-electron chi connectivity index (χ4n) is 0.602. The summed E-state index contributed by atoms with van der Waals surface area (Å²) in [6.07, 6.45) is 0. The monoisotopic (exact) mass is 230 g/mol. The van der Waals surface area contributed by atoms with Gasteiger partial charge in [0.15, 0.2) is 4.90 Å². The van der Waals surface area contributed by atoms with Crippen molar-refractivity contribution >= 4 is 19.0 Å². The van der Waals surface area contributed by atoms with Crippen LogP contribution in [0.3, 0.4) is 0 Å². The first-order chi connectivity index (χ1) is 6.43. The smallest absolute Gasteiger partial charge is 0.418 e. The molecule has 0 bridgehead atoms. The Morgan fingerprint density at radius 1 is 1.00 bits per heavy atom. The van der Waals surface area contributed by atoms with Crippen LogP contribution in [0.15, 0.2) is 35.2 Å². The van der Waals surface area contributed by atoms with Crippen molar-refractivity contribution in [1.82, 2.24) is 0 Å². The largest absolute Gasteiger partial charge is 0.673 e. The van der Waals surface area contributed by atoms with E-state index >= 15 is 0 Å². The van der Waals surface area contributed by atoms with Crippen molar-refractivity contribution in [2.45, 2.75) is 4.90 Å².